The maximum absolute atomic E-state index is 14.5. The lowest BCUT2D eigenvalue weighted by molar-refractivity contribution is -0.143. The zero-order chi connectivity index (χ0) is 53.7. The van der Waals surface area contributed by atoms with Crippen molar-refractivity contribution in [1.29, 1.82) is 0 Å². The molecule has 8 atom stereocenters. The number of rotatable bonds is 32. The van der Waals surface area contributed by atoms with Gasteiger partial charge in [0.15, 0.2) is 0 Å². The van der Waals surface area contributed by atoms with Gasteiger partial charge in [0, 0.05) is 54.7 Å². The highest BCUT2D eigenvalue weighted by molar-refractivity contribution is 5.98. The minimum Gasteiger partial charge on any atom is -0.481 e. The lowest BCUT2D eigenvalue weighted by atomic mass is 10.00. The quantitative estimate of drug-likeness (QED) is 0.0336. The Morgan fingerprint density at radius 2 is 1.17 bits per heavy atom. The number of amides is 7. The molecule has 2 heterocycles. The van der Waals surface area contributed by atoms with Gasteiger partial charge in [0.05, 0.1) is 12.4 Å². The van der Waals surface area contributed by atoms with Crippen molar-refractivity contribution in [2.75, 3.05) is 6.54 Å². The summed E-state index contributed by atoms with van der Waals surface area (Å²) in [5, 5.41) is 46.8. The van der Waals surface area contributed by atoms with Crippen LogP contribution in [0.2, 0.25) is 0 Å². The van der Waals surface area contributed by atoms with Gasteiger partial charge in [0.1, 0.15) is 42.3 Å². The maximum Gasteiger partial charge on any atom is 0.326 e. The maximum atomic E-state index is 14.5. The smallest absolute Gasteiger partial charge is 0.326 e. The lowest BCUT2D eigenvalue weighted by Crippen LogP contribution is -2.60. The molecule has 3 aromatic rings. The second-order valence-electron chi connectivity index (χ2n) is 18.3. The fourth-order valence-corrected chi connectivity index (χ4v) is 7.51. The number of nitrogens with one attached hydrogen (secondary N) is 9. The van der Waals surface area contributed by atoms with Crippen LogP contribution in [-0.4, -0.2) is 144 Å². The molecule has 25 nitrogen and oxygen atoms in total. The second-order valence-corrected chi connectivity index (χ2v) is 18.3. The Morgan fingerprint density at radius 1 is 0.611 bits per heavy atom. The monoisotopic (exact) mass is 1010 g/mol. The largest absolute Gasteiger partial charge is 0.481 e. The minimum absolute atomic E-state index is 0.0418. The molecular formula is C47H70N12O13. The van der Waals surface area contributed by atoms with Gasteiger partial charge in [-0.3, -0.25) is 43.2 Å². The molecule has 0 aliphatic carbocycles. The molecule has 1 aromatic carbocycles. The molecule has 0 spiro atoms. The van der Waals surface area contributed by atoms with Crippen molar-refractivity contribution in [3.05, 3.63) is 54.2 Å². The molecule has 0 unspecified atom stereocenters. The van der Waals surface area contributed by atoms with Gasteiger partial charge < -0.3 is 74.0 Å². The Kier molecular flexibility index (Phi) is 23.8. The molecule has 72 heavy (non-hydrogen) atoms. The summed E-state index contributed by atoms with van der Waals surface area (Å²) in [5.74, 6) is -10.4. The van der Waals surface area contributed by atoms with Crippen molar-refractivity contribution < 1.29 is 63.3 Å². The molecule has 396 valence electrons. The number of imidazole rings is 1. The van der Waals surface area contributed by atoms with Crippen molar-refractivity contribution in [2.45, 2.75) is 147 Å². The van der Waals surface area contributed by atoms with Gasteiger partial charge >= 0.3 is 17.9 Å². The van der Waals surface area contributed by atoms with E-state index in [4.69, 9.17) is 16.6 Å². The van der Waals surface area contributed by atoms with E-state index in [1.165, 1.54) is 19.4 Å². The van der Waals surface area contributed by atoms with E-state index in [0.717, 1.165) is 0 Å². The number of carboxylic acids is 3. The van der Waals surface area contributed by atoms with Crippen molar-refractivity contribution in [1.82, 2.24) is 52.2 Å². The third kappa shape index (κ3) is 19.4. The number of nitrogens with two attached hydrogens (primary N) is 2. The highest BCUT2D eigenvalue weighted by Crippen LogP contribution is 2.20. The molecule has 3 rings (SSSR count). The van der Waals surface area contributed by atoms with Crippen LogP contribution in [0.3, 0.4) is 0 Å². The lowest BCUT2D eigenvalue weighted by Gasteiger charge is -2.28. The number of benzene rings is 1. The molecule has 0 fully saturated rings. The average Bonchev–Trinajstić information content (AvgIpc) is 3.99. The Bertz CT molecular complexity index is 2340. The van der Waals surface area contributed by atoms with Crippen molar-refractivity contribution >= 4 is 70.2 Å². The predicted octanol–water partition coefficient (Wildman–Crippen LogP) is -0.938. The normalized spacial score (nSPS) is 14.6. The highest BCUT2D eigenvalue weighted by Gasteiger charge is 2.35. The summed E-state index contributed by atoms with van der Waals surface area (Å²) in [4.78, 5) is 141. The fraction of sp³-hybridized carbons (Fsp3) is 0.553. The molecule has 0 aliphatic heterocycles. The number of aliphatic carboxylic acids is 3. The minimum atomic E-state index is -1.58. The van der Waals surface area contributed by atoms with E-state index in [1.807, 2.05) is 0 Å². The average molecular weight is 1010 g/mol. The van der Waals surface area contributed by atoms with Crippen LogP contribution in [0.4, 0.5) is 0 Å². The first kappa shape index (κ1) is 58.9. The van der Waals surface area contributed by atoms with Crippen LogP contribution in [0.25, 0.3) is 10.9 Å². The van der Waals surface area contributed by atoms with E-state index in [-0.39, 0.29) is 51.0 Å². The van der Waals surface area contributed by atoms with E-state index >= 15 is 0 Å². The molecular weight excluding hydrogens is 941 g/mol. The number of hydrogen-bond acceptors (Lipinski definition) is 13. The third-order valence-electron chi connectivity index (χ3n) is 11.5. The molecule has 0 bridgehead atoms. The summed E-state index contributed by atoms with van der Waals surface area (Å²) in [7, 11) is 0. The van der Waals surface area contributed by atoms with Crippen LogP contribution in [0.5, 0.6) is 0 Å². The van der Waals surface area contributed by atoms with Gasteiger partial charge in [-0.25, -0.2) is 9.78 Å². The number of carbonyl (C=O) groups excluding carboxylic acids is 7. The van der Waals surface area contributed by atoms with Crippen LogP contribution in [0, 0.1) is 11.8 Å². The predicted molar refractivity (Wildman–Crippen MR) is 260 cm³/mol. The molecule has 25 heteroatoms. The highest BCUT2D eigenvalue weighted by atomic mass is 16.4. The van der Waals surface area contributed by atoms with E-state index < -0.39 is 133 Å². The number of fused-ring (bicyclic) bond motifs is 1. The Balaban J connectivity index is 1.91. The molecule has 0 aliphatic rings. The fourth-order valence-electron chi connectivity index (χ4n) is 7.51. The van der Waals surface area contributed by atoms with Crippen molar-refractivity contribution in [3.63, 3.8) is 0 Å². The zero-order valence-electron chi connectivity index (χ0n) is 41.1. The summed E-state index contributed by atoms with van der Waals surface area (Å²) in [6, 6.07) is -3.75. The van der Waals surface area contributed by atoms with Gasteiger partial charge in [0.25, 0.3) is 0 Å². The number of aromatic nitrogens is 3. The molecule has 16 N–H and O–H groups in total. The SMILES string of the molecule is CC(C)C[C@H](NC(=O)[C@@H](NC(=O)[C@H](C)NC(=O)[C@H](CCC(=O)O)NC(=O)[C@H](CCCCN)NC(=O)[C@H](Cc1c[nH]c2ccccc12)NC(=O)[C@H](Cc1cnc[nH]1)NC(=O)[C@@H](N)CCC(=O)O)C(C)C)C(=O)O. The van der Waals surface area contributed by atoms with Crippen LogP contribution in [-0.2, 0) is 60.8 Å². The summed E-state index contributed by atoms with van der Waals surface area (Å²) in [6.07, 6.45) is 3.13. The number of unbranched alkanes of at least 4 members (excludes halogenated alkanes) is 1. The van der Waals surface area contributed by atoms with E-state index in [1.54, 1.807) is 58.2 Å². The first-order valence-electron chi connectivity index (χ1n) is 23.8. The Labute approximate surface area is 415 Å². The molecule has 7 amide bonds. The number of para-hydroxylation sites is 1. The summed E-state index contributed by atoms with van der Waals surface area (Å²) in [5.41, 5.74) is 13.4. The number of carbonyl (C=O) groups is 10. The second kappa shape index (κ2) is 29.1. The van der Waals surface area contributed by atoms with E-state index in [9.17, 15) is 58.2 Å². The summed E-state index contributed by atoms with van der Waals surface area (Å²) < 4.78 is 0. The number of carboxylic acid groups (broad SMARTS) is 3. The van der Waals surface area contributed by atoms with Gasteiger partial charge in [-0.05, 0) is 75.5 Å². The van der Waals surface area contributed by atoms with Crippen LogP contribution in [0.1, 0.15) is 97.2 Å². The van der Waals surface area contributed by atoms with Crippen LogP contribution in [0.15, 0.2) is 43.0 Å². The van der Waals surface area contributed by atoms with Crippen molar-refractivity contribution in [3.8, 4) is 0 Å². The summed E-state index contributed by atoms with van der Waals surface area (Å²) >= 11 is 0. The topological polar surface area (TPSA) is 412 Å². The first-order valence-corrected chi connectivity index (χ1v) is 23.8. The van der Waals surface area contributed by atoms with Crippen LogP contribution >= 0.6 is 0 Å². The number of aromatic amines is 2. The Morgan fingerprint density at radius 3 is 1.75 bits per heavy atom. The third-order valence-corrected chi connectivity index (χ3v) is 11.5. The molecule has 0 saturated carbocycles. The zero-order valence-corrected chi connectivity index (χ0v) is 41.1. The van der Waals surface area contributed by atoms with Gasteiger partial charge in [-0.15, -0.1) is 0 Å². The van der Waals surface area contributed by atoms with Gasteiger partial charge in [0.2, 0.25) is 41.4 Å². The number of H-pyrrole nitrogens is 2. The molecule has 2 aromatic heterocycles. The van der Waals surface area contributed by atoms with E-state index in [0.29, 0.717) is 28.6 Å². The van der Waals surface area contributed by atoms with Crippen LogP contribution < -0.4 is 48.7 Å². The van der Waals surface area contributed by atoms with Gasteiger partial charge in [-0.2, -0.15) is 0 Å². The van der Waals surface area contributed by atoms with E-state index in [2.05, 4.69) is 52.2 Å². The van der Waals surface area contributed by atoms with Gasteiger partial charge in [-0.1, -0.05) is 45.9 Å². The molecule has 0 radical (unpaired) electrons. The summed E-state index contributed by atoms with van der Waals surface area (Å²) in [6.45, 7) is 8.31. The number of nitrogens with zero attached hydrogens (tertiary/aromatic N) is 1. The number of hydrogen-bond donors (Lipinski definition) is 14. The Hall–Kier alpha value is -7.41. The molecule has 0 saturated heterocycles. The first-order chi connectivity index (χ1) is 34.0. The van der Waals surface area contributed by atoms with Crippen molar-refractivity contribution in [2.24, 2.45) is 23.3 Å². The standard InChI is InChI=1S/C47H70N12O13/c1-24(2)18-36(47(71)72)58-46(70)39(25(3)4)59-40(64)26(5)53-42(66)33(14-16-38(62)63)55-43(67)32(12-8-9-17-48)54-44(68)34(19-27-21-51-31-11-7-6-10-29(27)31)57-45(69)35(20-28-22-50-23-52-28)56-41(65)30(49)13-15-37(60)61/h6-7,10-11,21-26,30,32-36,39,51H,8-9,12-20,48-49H2,1-5H3,(H,50,52)(H,53,66)(H,54,68)(H,55,67)(H,56,65)(H,57,69)(H,58,70)(H,59,64)(H,60,61)(H,62,63)(H,71,72)/t26-,30-,32-,33-,34-,35-,36-,39-/m0/s1.